The van der Waals surface area contributed by atoms with E-state index >= 15 is 0 Å². The van der Waals surface area contributed by atoms with Gasteiger partial charge in [0.15, 0.2) is 0 Å². The van der Waals surface area contributed by atoms with Gasteiger partial charge in [0.05, 0.1) is 18.0 Å². The maximum atomic E-state index is 14.3. The van der Waals surface area contributed by atoms with Crippen LogP contribution in [-0.4, -0.2) is 77.3 Å². The van der Waals surface area contributed by atoms with Crippen molar-refractivity contribution in [1.82, 2.24) is 19.4 Å². The number of esters is 1. The molecule has 0 N–H and O–H groups in total. The molecule has 5 aromatic rings. The highest BCUT2D eigenvalue weighted by atomic mass is 16.5. The molecule has 2 saturated heterocycles. The maximum Gasteiger partial charge on any atom is 0.306 e. The summed E-state index contributed by atoms with van der Waals surface area (Å²) >= 11 is 0. The van der Waals surface area contributed by atoms with Gasteiger partial charge >= 0.3 is 5.97 Å². The first-order valence-electron chi connectivity index (χ1n) is 18.1. The van der Waals surface area contributed by atoms with E-state index in [9.17, 15) is 9.59 Å². The standard InChI is InChI=1S/C41H47N5O4/c1-4-50-37(47)17-16-33-28(2)38-34-9-5-6-10-35(34)46(40(38)43-29(33)3)27-30-12-14-31(15-13-30)39(32-18-25-49-26-19-32)41(48)45-23-21-44(22-24-45)36-11-7-8-20-42-36/h5-15,20,32,39H,4,16-19,21-27H2,1-3H3/t39-/m1/s1. The minimum atomic E-state index is -0.192. The SMILES string of the molecule is CCOC(=O)CCc1c(C)nc2c(c1C)c1ccccc1n2Cc1ccc([C@@H](C(=O)N2CCN(c3ccccn3)CC2)C2CCOCC2)cc1. The van der Waals surface area contributed by atoms with Crippen LogP contribution >= 0.6 is 0 Å². The van der Waals surface area contributed by atoms with Crippen molar-refractivity contribution in [1.29, 1.82) is 0 Å². The lowest BCUT2D eigenvalue weighted by Gasteiger charge is -2.39. The van der Waals surface area contributed by atoms with E-state index in [1.807, 2.05) is 38.2 Å². The molecule has 5 heterocycles. The number of amides is 1. The lowest BCUT2D eigenvalue weighted by Crippen LogP contribution is -2.51. The van der Waals surface area contributed by atoms with Crippen molar-refractivity contribution >= 4 is 39.6 Å². The molecule has 9 nitrogen and oxygen atoms in total. The van der Waals surface area contributed by atoms with E-state index in [1.54, 1.807) is 0 Å². The summed E-state index contributed by atoms with van der Waals surface area (Å²) in [6.45, 7) is 11.4. The van der Waals surface area contributed by atoms with E-state index < -0.39 is 0 Å². The summed E-state index contributed by atoms with van der Waals surface area (Å²) in [5.41, 5.74) is 7.53. The van der Waals surface area contributed by atoms with E-state index in [0.717, 1.165) is 76.1 Å². The first-order valence-corrected chi connectivity index (χ1v) is 18.1. The molecule has 0 radical (unpaired) electrons. The second kappa shape index (κ2) is 15.0. The molecule has 1 amide bonds. The van der Waals surface area contributed by atoms with Crippen molar-refractivity contribution in [2.45, 2.75) is 58.9 Å². The minimum absolute atomic E-state index is 0.179. The number of rotatable bonds is 10. The van der Waals surface area contributed by atoms with Gasteiger partial charge in [0.2, 0.25) is 5.91 Å². The van der Waals surface area contributed by atoms with Gasteiger partial charge in [-0.15, -0.1) is 0 Å². The highest BCUT2D eigenvalue weighted by Gasteiger charge is 2.35. The highest BCUT2D eigenvalue weighted by molar-refractivity contribution is 6.08. The van der Waals surface area contributed by atoms with Gasteiger partial charge in [0, 0.05) is 75.0 Å². The molecule has 50 heavy (non-hydrogen) atoms. The van der Waals surface area contributed by atoms with Crippen LogP contribution in [0.1, 0.15) is 60.1 Å². The summed E-state index contributed by atoms with van der Waals surface area (Å²) < 4.78 is 13.2. The molecule has 0 aliphatic carbocycles. The Morgan fingerprint density at radius 2 is 1.68 bits per heavy atom. The van der Waals surface area contributed by atoms with Gasteiger partial charge in [-0.3, -0.25) is 9.59 Å². The molecule has 0 unspecified atom stereocenters. The summed E-state index contributed by atoms with van der Waals surface area (Å²) in [7, 11) is 0. The fourth-order valence-corrected chi connectivity index (χ4v) is 7.99. The zero-order valence-electron chi connectivity index (χ0n) is 29.4. The fourth-order valence-electron chi connectivity index (χ4n) is 7.99. The van der Waals surface area contributed by atoms with Crippen molar-refractivity contribution in [3.63, 3.8) is 0 Å². The van der Waals surface area contributed by atoms with Crippen LogP contribution in [0.5, 0.6) is 0 Å². The molecule has 0 bridgehead atoms. The number of benzene rings is 2. The van der Waals surface area contributed by atoms with Crippen molar-refractivity contribution in [3.05, 3.63) is 101 Å². The molecule has 0 spiro atoms. The van der Waals surface area contributed by atoms with Crippen molar-refractivity contribution in [2.75, 3.05) is 50.9 Å². The summed E-state index contributed by atoms with van der Waals surface area (Å²) in [5, 5.41) is 2.30. The predicted molar refractivity (Wildman–Crippen MR) is 197 cm³/mol. The number of carbonyl (C=O) groups excluding carboxylic acids is 2. The van der Waals surface area contributed by atoms with Crippen LogP contribution in [-0.2, 0) is 32.0 Å². The van der Waals surface area contributed by atoms with Gasteiger partial charge in [-0.1, -0.05) is 48.5 Å². The summed E-state index contributed by atoms with van der Waals surface area (Å²) in [6.07, 6.45) is 4.54. The van der Waals surface area contributed by atoms with Crippen molar-refractivity contribution < 1.29 is 19.1 Å². The number of aromatic nitrogens is 3. The zero-order valence-corrected chi connectivity index (χ0v) is 29.4. The van der Waals surface area contributed by atoms with E-state index in [2.05, 4.69) is 74.8 Å². The number of piperazine rings is 1. The van der Waals surface area contributed by atoms with Gasteiger partial charge < -0.3 is 23.8 Å². The number of carbonyl (C=O) groups is 2. The number of ether oxygens (including phenoxy) is 2. The van der Waals surface area contributed by atoms with E-state index in [1.165, 1.54) is 5.56 Å². The maximum absolute atomic E-state index is 14.3. The molecule has 2 aliphatic rings. The van der Waals surface area contributed by atoms with E-state index in [-0.39, 0.29) is 23.7 Å². The zero-order chi connectivity index (χ0) is 34.6. The molecule has 9 heteroatoms. The molecule has 1 atom stereocenters. The van der Waals surface area contributed by atoms with Crippen LogP contribution in [0, 0.1) is 19.8 Å². The third kappa shape index (κ3) is 6.84. The van der Waals surface area contributed by atoms with E-state index in [4.69, 9.17) is 14.5 Å². The third-order valence-electron chi connectivity index (χ3n) is 10.6. The number of aryl methyl sites for hydroxylation is 2. The fraction of sp³-hybridized carbons (Fsp3) is 0.415. The van der Waals surface area contributed by atoms with E-state index in [0.29, 0.717) is 52.3 Å². The van der Waals surface area contributed by atoms with Crippen LogP contribution in [0.4, 0.5) is 5.82 Å². The first-order chi connectivity index (χ1) is 24.4. The Labute approximate surface area is 294 Å². The summed E-state index contributed by atoms with van der Waals surface area (Å²) in [5.74, 6) is 1.07. The Kier molecular flexibility index (Phi) is 10.1. The minimum Gasteiger partial charge on any atom is -0.466 e. The molecular weight excluding hydrogens is 626 g/mol. The summed E-state index contributed by atoms with van der Waals surface area (Å²) in [4.78, 5) is 40.5. The number of para-hydroxylation sites is 1. The summed E-state index contributed by atoms with van der Waals surface area (Å²) in [6, 6.07) is 23.2. The number of fused-ring (bicyclic) bond motifs is 3. The number of anilines is 1. The Balaban J connectivity index is 1.14. The first kappa shape index (κ1) is 33.7. The Morgan fingerprint density at radius 3 is 2.40 bits per heavy atom. The van der Waals surface area contributed by atoms with Gasteiger partial charge in [-0.25, -0.2) is 9.97 Å². The second-order valence-electron chi connectivity index (χ2n) is 13.6. The average molecular weight is 674 g/mol. The molecule has 260 valence electrons. The third-order valence-corrected chi connectivity index (χ3v) is 10.6. The molecule has 2 fully saturated rings. The molecule has 3 aromatic heterocycles. The van der Waals surface area contributed by atoms with Crippen LogP contribution in [0.25, 0.3) is 21.9 Å². The normalized spacial score (nSPS) is 16.2. The number of pyridine rings is 2. The van der Waals surface area contributed by atoms with Gasteiger partial charge in [-0.05, 0) is 86.4 Å². The van der Waals surface area contributed by atoms with Gasteiger partial charge in [0.25, 0.3) is 0 Å². The monoisotopic (exact) mass is 673 g/mol. The largest absolute Gasteiger partial charge is 0.466 e. The van der Waals surface area contributed by atoms with Crippen LogP contribution < -0.4 is 4.90 Å². The lowest BCUT2D eigenvalue weighted by molar-refractivity contribution is -0.143. The Morgan fingerprint density at radius 1 is 0.940 bits per heavy atom. The van der Waals surface area contributed by atoms with Crippen molar-refractivity contribution in [2.24, 2.45) is 5.92 Å². The topological polar surface area (TPSA) is 89.8 Å². The van der Waals surface area contributed by atoms with Gasteiger partial charge in [-0.2, -0.15) is 0 Å². The average Bonchev–Trinajstić information content (AvgIpc) is 3.46. The molecule has 2 aliphatic heterocycles. The van der Waals surface area contributed by atoms with Crippen LogP contribution in [0.3, 0.4) is 0 Å². The molecule has 0 saturated carbocycles. The molecular formula is C41H47N5O4. The quantitative estimate of drug-likeness (QED) is 0.154. The highest BCUT2D eigenvalue weighted by Crippen LogP contribution is 2.36. The number of hydrogen-bond donors (Lipinski definition) is 0. The molecule has 2 aromatic carbocycles. The second-order valence-corrected chi connectivity index (χ2v) is 13.6. The predicted octanol–water partition coefficient (Wildman–Crippen LogP) is 6.60. The smallest absolute Gasteiger partial charge is 0.306 e. The molecule has 7 rings (SSSR count). The van der Waals surface area contributed by atoms with Gasteiger partial charge in [0.1, 0.15) is 11.5 Å². The number of hydrogen-bond acceptors (Lipinski definition) is 7. The Hall–Kier alpha value is -4.76. The van der Waals surface area contributed by atoms with Crippen LogP contribution in [0.2, 0.25) is 0 Å². The van der Waals surface area contributed by atoms with Crippen molar-refractivity contribution in [3.8, 4) is 0 Å². The lowest BCUT2D eigenvalue weighted by atomic mass is 9.80. The number of nitrogens with zero attached hydrogens (tertiary/aromatic N) is 5. The van der Waals surface area contributed by atoms with Crippen LogP contribution in [0.15, 0.2) is 72.9 Å². The Bertz CT molecular complexity index is 1960.